The lowest BCUT2D eigenvalue weighted by Crippen LogP contribution is -2.18. The van der Waals surface area contributed by atoms with Crippen LogP contribution in [0.1, 0.15) is 23.2 Å². The van der Waals surface area contributed by atoms with E-state index in [4.69, 9.17) is 9.47 Å². The molecule has 1 aliphatic heterocycles. The molecule has 0 N–H and O–H groups in total. The minimum Gasteiger partial charge on any atom is -0.376 e. The van der Waals surface area contributed by atoms with Gasteiger partial charge in [-0.1, -0.05) is 0 Å². The van der Waals surface area contributed by atoms with Crippen LogP contribution in [0.5, 0.6) is 0 Å². The van der Waals surface area contributed by atoms with E-state index in [1.807, 2.05) is 6.07 Å². The molecule has 0 spiro atoms. The van der Waals surface area contributed by atoms with Crippen LogP contribution in [0.3, 0.4) is 0 Å². The fraction of sp³-hybridized carbons (Fsp3) is 0.545. The molecule has 0 amide bonds. The van der Waals surface area contributed by atoms with Crippen molar-refractivity contribution in [1.82, 2.24) is 0 Å². The molecule has 3 nitrogen and oxygen atoms in total. The molecule has 1 unspecified atom stereocenters. The number of ether oxygens (including phenoxy) is 2. The Morgan fingerprint density at radius 2 is 2.41 bits per heavy atom. The van der Waals surface area contributed by atoms with E-state index in [0.29, 0.717) is 12.2 Å². The summed E-state index contributed by atoms with van der Waals surface area (Å²) in [4.78, 5) is 11.8. The molecule has 0 radical (unpaired) electrons. The second kappa shape index (κ2) is 6.43. The Hall–Kier alpha value is 0.250. The van der Waals surface area contributed by atoms with Crippen molar-refractivity contribution in [3.63, 3.8) is 0 Å². The molecule has 0 bridgehead atoms. The van der Waals surface area contributed by atoms with Crippen molar-refractivity contribution in [2.24, 2.45) is 0 Å². The van der Waals surface area contributed by atoms with E-state index in [0.717, 1.165) is 27.0 Å². The Kier molecular flexibility index (Phi) is 5.17. The molecule has 1 fully saturated rings. The Morgan fingerprint density at radius 1 is 1.59 bits per heavy atom. The average molecular weight is 384 g/mol. The predicted octanol–water partition coefficient (Wildman–Crippen LogP) is 3.65. The van der Waals surface area contributed by atoms with Gasteiger partial charge in [-0.3, -0.25) is 4.79 Å². The van der Waals surface area contributed by atoms with Crippen LogP contribution >= 0.6 is 43.2 Å². The summed E-state index contributed by atoms with van der Waals surface area (Å²) < 4.78 is 12.6. The van der Waals surface area contributed by atoms with Gasteiger partial charge in [0.05, 0.1) is 20.3 Å². The van der Waals surface area contributed by atoms with Gasteiger partial charge < -0.3 is 9.47 Å². The zero-order chi connectivity index (χ0) is 12.3. The maximum atomic E-state index is 11.8. The number of hydrogen-bond acceptors (Lipinski definition) is 4. The number of carbonyl (C=O) groups excluding carboxylic acids is 1. The zero-order valence-electron chi connectivity index (χ0n) is 9.08. The number of carbonyl (C=O) groups is 1. The van der Waals surface area contributed by atoms with Crippen molar-refractivity contribution in [2.75, 3.05) is 19.8 Å². The highest BCUT2D eigenvalue weighted by molar-refractivity contribution is 9.12. The van der Waals surface area contributed by atoms with Crippen LogP contribution in [0.15, 0.2) is 13.6 Å². The minimum absolute atomic E-state index is 0.00294. The average Bonchev–Trinajstić information content (AvgIpc) is 2.88. The lowest BCUT2D eigenvalue weighted by atomic mass is 10.2. The number of rotatable bonds is 5. The Labute approximate surface area is 121 Å². The van der Waals surface area contributed by atoms with Gasteiger partial charge in [-0.25, -0.2) is 0 Å². The van der Waals surface area contributed by atoms with E-state index in [2.05, 4.69) is 31.9 Å². The summed E-state index contributed by atoms with van der Waals surface area (Å²) in [6.45, 7) is 1.43. The molecule has 6 heteroatoms. The van der Waals surface area contributed by atoms with Crippen LogP contribution < -0.4 is 0 Å². The summed E-state index contributed by atoms with van der Waals surface area (Å²) in [5.41, 5.74) is 0.675. The summed E-state index contributed by atoms with van der Waals surface area (Å²) in [5.74, 6) is -0.00294. The zero-order valence-corrected chi connectivity index (χ0v) is 13.1. The molecule has 17 heavy (non-hydrogen) atoms. The van der Waals surface area contributed by atoms with E-state index in [1.54, 1.807) is 0 Å². The summed E-state index contributed by atoms with van der Waals surface area (Å²) in [6.07, 6.45) is 2.29. The van der Waals surface area contributed by atoms with Gasteiger partial charge in [0.25, 0.3) is 0 Å². The van der Waals surface area contributed by atoms with Gasteiger partial charge in [-0.05, 0) is 50.8 Å². The fourth-order valence-corrected chi connectivity index (χ4v) is 4.52. The molecule has 2 rings (SSSR count). The van der Waals surface area contributed by atoms with Crippen molar-refractivity contribution in [1.29, 1.82) is 0 Å². The Morgan fingerprint density at radius 3 is 3.00 bits per heavy atom. The van der Waals surface area contributed by atoms with Crippen LogP contribution in [-0.2, 0) is 9.47 Å². The third kappa shape index (κ3) is 3.86. The summed E-state index contributed by atoms with van der Waals surface area (Å²) in [5, 5.41) is 0. The largest absolute Gasteiger partial charge is 0.376 e. The fourth-order valence-electron chi connectivity index (χ4n) is 1.67. The van der Waals surface area contributed by atoms with Gasteiger partial charge in [-0.15, -0.1) is 11.3 Å². The van der Waals surface area contributed by atoms with E-state index in [1.165, 1.54) is 11.3 Å². The molecule has 1 saturated heterocycles. The molecular formula is C11H12Br2O3S. The lowest BCUT2D eigenvalue weighted by molar-refractivity contribution is 0.0190. The highest BCUT2D eigenvalue weighted by Crippen LogP contribution is 2.32. The monoisotopic (exact) mass is 382 g/mol. The van der Waals surface area contributed by atoms with Crippen molar-refractivity contribution in [3.8, 4) is 0 Å². The quantitative estimate of drug-likeness (QED) is 0.728. The number of hydrogen-bond donors (Lipinski definition) is 0. The SMILES string of the molecule is O=C(COCC1CCCO1)c1cc(Br)sc1Br. The van der Waals surface area contributed by atoms with Crippen molar-refractivity contribution in [3.05, 3.63) is 19.2 Å². The van der Waals surface area contributed by atoms with Gasteiger partial charge in [0, 0.05) is 12.2 Å². The highest BCUT2D eigenvalue weighted by atomic mass is 79.9. The third-order valence-electron chi connectivity index (χ3n) is 2.52. The first-order chi connectivity index (χ1) is 8.16. The lowest BCUT2D eigenvalue weighted by Gasteiger charge is -2.09. The Balaban J connectivity index is 1.78. The maximum absolute atomic E-state index is 11.8. The van der Waals surface area contributed by atoms with E-state index < -0.39 is 0 Å². The number of ketones is 1. The second-order valence-electron chi connectivity index (χ2n) is 3.81. The van der Waals surface area contributed by atoms with Crippen molar-refractivity contribution in [2.45, 2.75) is 18.9 Å². The van der Waals surface area contributed by atoms with E-state index in [9.17, 15) is 4.79 Å². The molecule has 0 saturated carbocycles. The smallest absolute Gasteiger partial charge is 0.190 e. The first-order valence-electron chi connectivity index (χ1n) is 5.34. The molecule has 1 atom stereocenters. The normalized spacial score (nSPS) is 19.8. The number of halogens is 2. The third-order valence-corrected chi connectivity index (χ3v) is 4.86. The van der Waals surface area contributed by atoms with Crippen molar-refractivity contribution >= 4 is 49.0 Å². The number of Topliss-reactive ketones (excluding diaryl/α,β-unsaturated/α-hetero) is 1. The number of thiophene rings is 1. The highest BCUT2D eigenvalue weighted by Gasteiger charge is 2.18. The molecular weight excluding hydrogens is 372 g/mol. The molecule has 1 aromatic rings. The maximum Gasteiger partial charge on any atom is 0.190 e. The van der Waals surface area contributed by atoms with Crippen LogP contribution in [0.25, 0.3) is 0 Å². The standard InChI is InChI=1S/C11H12Br2O3S/c12-10-4-8(11(13)17-10)9(14)6-15-5-7-2-1-3-16-7/h4,7H,1-3,5-6H2. The van der Waals surface area contributed by atoms with Crippen LogP contribution in [0.4, 0.5) is 0 Å². The van der Waals surface area contributed by atoms with Gasteiger partial charge in [0.15, 0.2) is 5.78 Å². The van der Waals surface area contributed by atoms with E-state index in [-0.39, 0.29) is 18.5 Å². The topological polar surface area (TPSA) is 35.5 Å². The van der Waals surface area contributed by atoms with Gasteiger partial charge in [-0.2, -0.15) is 0 Å². The summed E-state index contributed by atoms with van der Waals surface area (Å²) >= 11 is 8.20. The van der Waals surface area contributed by atoms with Crippen LogP contribution in [-0.4, -0.2) is 31.7 Å². The summed E-state index contributed by atoms with van der Waals surface area (Å²) in [6, 6.07) is 1.81. The van der Waals surface area contributed by atoms with Crippen LogP contribution in [0, 0.1) is 0 Å². The molecule has 2 heterocycles. The molecule has 0 aliphatic carbocycles. The van der Waals surface area contributed by atoms with Gasteiger partial charge in [0.2, 0.25) is 0 Å². The molecule has 1 aliphatic rings. The first-order valence-corrected chi connectivity index (χ1v) is 7.74. The van der Waals surface area contributed by atoms with Crippen molar-refractivity contribution < 1.29 is 14.3 Å². The minimum atomic E-state index is -0.00294. The van der Waals surface area contributed by atoms with E-state index >= 15 is 0 Å². The predicted molar refractivity (Wildman–Crippen MR) is 73.8 cm³/mol. The Bertz CT molecular complexity index is 399. The molecule has 1 aromatic heterocycles. The van der Waals surface area contributed by atoms with Gasteiger partial charge >= 0.3 is 0 Å². The first kappa shape index (κ1) is 13.7. The van der Waals surface area contributed by atoms with Gasteiger partial charge in [0.1, 0.15) is 6.61 Å². The molecule has 0 aromatic carbocycles. The molecule has 94 valence electrons. The second-order valence-corrected chi connectivity index (χ2v) is 7.56. The summed E-state index contributed by atoms with van der Waals surface area (Å²) in [7, 11) is 0. The van der Waals surface area contributed by atoms with Crippen LogP contribution in [0.2, 0.25) is 0 Å².